The van der Waals surface area contributed by atoms with Gasteiger partial charge in [0.25, 0.3) is 5.91 Å². The largest absolute Gasteiger partial charge is 0.321 e. The van der Waals surface area contributed by atoms with E-state index in [4.69, 9.17) is 0 Å². The summed E-state index contributed by atoms with van der Waals surface area (Å²) >= 11 is 3.43. The van der Waals surface area contributed by atoms with Crippen LogP contribution in [0.15, 0.2) is 34.9 Å². The van der Waals surface area contributed by atoms with Gasteiger partial charge in [0.1, 0.15) is 5.69 Å². The van der Waals surface area contributed by atoms with E-state index in [0.717, 1.165) is 15.7 Å². The zero-order chi connectivity index (χ0) is 12.4. The molecule has 0 saturated heterocycles. The second kappa shape index (κ2) is 4.71. The monoisotopic (exact) mass is 293 g/mol. The van der Waals surface area contributed by atoms with Crippen LogP contribution in [-0.4, -0.2) is 15.7 Å². The number of hydrogen-bond donors (Lipinski definition) is 1. The van der Waals surface area contributed by atoms with Gasteiger partial charge in [0, 0.05) is 23.4 Å². The van der Waals surface area contributed by atoms with E-state index in [0.29, 0.717) is 5.69 Å². The van der Waals surface area contributed by atoms with Crippen LogP contribution < -0.4 is 5.32 Å². The van der Waals surface area contributed by atoms with Gasteiger partial charge >= 0.3 is 0 Å². The summed E-state index contributed by atoms with van der Waals surface area (Å²) in [5, 5.41) is 6.78. The maximum Gasteiger partial charge on any atom is 0.273 e. The molecule has 1 N–H and O–H groups in total. The van der Waals surface area contributed by atoms with E-state index in [-0.39, 0.29) is 5.91 Å². The van der Waals surface area contributed by atoms with Crippen LogP contribution in [0, 0.1) is 6.92 Å². The van der Waals surface area contributed by atoms with E-state index in [1.165, 1.54) is 0 Å². The van der Waals surface area contributed by atoms with Gasteiger partial charge in [-0.1, -0.05) is 22.0 Å². The topological polar surface area (TPSA) is 46.9 Å². The maximum atomic E-state index is 11.9. The highest BCUT2D eigenvalue weighted by Crippen LogP contribution is 2.20. The Kier molecular flexibility index (Phi) is 3.28. The normalized spacial score (nSPS) is 10.3. The van der Waals surface area contributed by atoms with Crippen molar-refractivity contribution in [2.24, 2.45) is 7.05 Å². The third kappa shape index (κ3) is 2.55. The number of rotatable bonds is 2. The number of nitrogens with one attached hydrogen (secondary N) is 1. The molecule has 2 rings (SSSR count). The van der Waals surface area contributed by atoms with E-state index >= 15 is 0 Å². The maximum absolute atomic E-state index is 11.9. The number of anilines is 1. The fourth-order valence-electron chi connectivity index (χ4n) is 1.46. The summed E-state index contributed by atoms with van der Waals surface area (Å²) in [4.78, 5) is 11.9. The first kappa shape index (κ1) is 11.9. The van der Waals surface area contributed by atoms with Crippen LogP contribution in [0.5, 0.6) is 0 Å². The number of hydrogen-bond acceptors (Lipinski definition) is 2. The number of halogens is 1. The molecule has 0 unspecified atom stereocenters. The van der Waals surface area contributed by atoms with Crippen molar-refractivity contribution in [3.63, 3.8) is 0 Å². The molecule has 0 aliphatic rings. The minimum absolute atomic E-state index is 0.166. The predicted molar refractivity (Wildman–Crippen MR) is 70.0 cm³/mol. The van der Waals surface area contributed by atoms with Crippen molar-refractivity contribution in [2.45, 2.75) is 6.92 Å². The van der Waals surface area contributed by atoms with Crippen LogP contribution in [0.3, 0.4) is 0 Å². The Balaban J connectivity index is 2.19. The lowest BCUT2D eigenvalue weighted by Crippen LogP contribution is -2.16. The van der Waals surface area contributed by atoms with Gasteiger partial charge in [-0.2, -0.15) is 5.10 Å². The van der Waals surface area contributed by atoms with E-state index in [9.17, 15) is 4.79 Å². The summed E-state index contributed by atoms with van der Waals surface area (Å²) in [6, 6.07) is 7.37. The van der Waals surface area contributed by atoms with E-state index < -0.39 is 0 Å². The zero-order valence-electron chi connectivity index (χ0n) is 9.57. The molecule has 1 aromatic heterocycles. The standard InChI is InChI=1S/C12H12BrN3O/c1-8-3-4-9(7-10(8)13)15-12(17)11-5-6-14-16(11)2/h3-7H,1-2H3,(H,15,17). The van der Waals surface area contributed by atoms with Gasteiger partial charge in [-0.3, -0.25) is 9.48 Å². The summed E-state index contributed by atoms with van der Waals surface area (Å²) in [5.74, 6) is -0.166. The molecule has 88 valence electrons. The number of amides is 1. The summed E-state index contributed by atoms with van der Waals surface area (Å²) in [7, 11) is 1.74. The molecule has 0 aliphatic heterocycles. The molecular weight excluding hydrogens is 282 g/mol. The number of aryl methyl sites for hydroxylation is 2. The Hall–Kier alpha value is -1.62. The minimum atomic E-state index is -0.166. The lowest BCUT2D eigenvalue weighted by Gasteiger charge is -2.07. The van der Waals surface area contributed by atoms with Crippen LogP contribution in [0.1, 0.15) is 16.1 Å². The Bertz CT molecular complexity index is 563. The molecule has 4 nitrogen and oxygen atoms in total. The zero-order valence-corrected chi connectivity index (χ0v) is 11.2. The highest BCUT2D eigenvalue weighted by atomic mass is 79.9. The molecular formula is C12H12BrN3O. The van der Waals surface area contributed by atoms with Crippen LogP contribution in [0.4, 0.5) is 5.69 Å². The Morgan fingerprint density at radius 1 is 1.41 bits per heavy atom. The minimum Gasteiger partial charge on any atom is -0.321 e. The predicted octanol–water partition coefficient (Wildman–Crippen LogP) is 2.74. The Morgan fingerprint density at radius 2 is 2.18 bits per heavy atom. The molecule has 0 spiro atoms. The van der Waals surface area contributed by atoms with Crippen molar-refractivity contribution in [3.05, 3.63) is 46.2 Å². The van der Waals surface area contributed by atoms with Gasteiger partial charge in [0.15, 0.2) is 0 Å². The van der Waals surface area contributed by atoms with Crippen molar-refractivity contribution < 1.29 is 4.79 Å². The average molecular weight is 294 g/mol. The molecule has 0 aliphatic carbocycles. The average Bonchev–Trinajstić information content (AvgIpc) is 2.70. The molecule has 5 heteroatoms. The van der Waals surface area contributed by atoms with Gasteiger partial charge in [0.05, 0.1) is 0 Å². The molecule has 1 heterocycles. The van der Waals surface area contributed by atoms with Crippen LogP contribution in [0.2, 0.25) is 0 Å². The van der Waals surface area contributed by atoms with Gasteiger partial charge < -0.3 is 5.32 Å². The highest BCUT2D eigenvalue weighted by molar-refractivity contribution is 9.10. The van der Waals surface area contributed by atoms with Crippen LogP contribution in [0.25, 0.3) is 0 Å². The van der Waals surface area contributed by atoms with Crippen molar-refractivity contribution in [1.29, 1.82) is 0 Å². The van der Waals surface area contributed by atoms with Crippen molar-refractivity contribution in [2.75, 3.05) is 5.32 Å². The third-order valence-electron chi connectivity index (χ3n) is 2.48. The summed E-state index contributed by atoms with van der Waals surface area (Å²) in [6.45, 7) is 2.00. The molecule has 17 heavy (non-hydrogen) atoms. The fraction of sp³-hybridized carbons (Fsp3) is 0.167. The van der Waals surface area contributed by atoms with Gasteiger partial charge in [0.2, 0.25) is 0 Å². The number of carbonyl (C=O) groups is 1. The van der Waals surface area contributed by atoms with Crippen LogP contribution >= 0.6 is 15.9 Å². The number of carbonyl (C=O) groups excluding carboxylic acids is 1. The van der Waals surface area contributed by atoms with Crippen molar-refractivity contribution in [1.82, 2.24) is 9.78 Å². The quantitative estimate of drug-likeness (QED) is 0.925. The van der Waals surface area contributed by atoms with Gasteiger partial charge in [-0.05, 0) is 30.7 Å². The summed E-state index contributed by atoms with van der Waals surface area (Å²) in [6.07, 6.45) is 1.60. The first-order valence-electron chi connectivity index (χ1n) is 5.13. The Labute approximate surface area is 108 Å². The lowest BCUT2D eigenvalue weighted by molar-refractivity contribution is 0.101. The molecule has 0 saturated carbocycles. The van der Waals surface area contributed by atoms with E-state index in [1.807, 2.05) is 25.1 Å². The number of aromatic nitrogens is 2. The summed E-state index contributed by atoms with van der Waals surface area (Å²) < 4.78 is 2.51. The fourth-order valence-corrected chi connectivity index (χ4v) is 1.84. The number of nitrogens with zero attached hydrogens (tertiary/aromatic N) is 2. The van der Waals surface area contributed by atoms with Gasteiger partial charge in [-0.15, -0.1) is 0 Å². The van der Waals surface area contributed by atoms with Gasteiger partial charge in [-0.25, -0.2) is 0 Å². The lowest BCUT2D eigenvalue weighted by atomic mass is 10.2. The SMILES string of the molecule is Cc1ccc(NC(=O)c2ccnn2C)cc1Br. The van der Waals surface area contributed by atoms with Crippen molar-refractivity contribution >= 4 is 27.5 Å². The molecule has 0 fully saturated rings. The molecule has 0 atom stereocenters. The molecule has 1 amide bonds. The highest BCUT2D eigenvalue weighted by Gasteiger charge is 2.10. The molecule has 0 bridgehead atoms. The molecule has 2 aromatic rings. The number of benzene rings is 1. The van der Waals surface area contributed by atoms with E-state index in [2.05, 4.69) is 26.3 Å². The van der Waals surface area contributed by atoms with Crippen LogP contribution in [-0.2, 0) is 7.05 Å². The first-order chi connectivity index (χ1) is 8.08. The second-order valence-corrected chi connectivity index (χ2v) is 4.61. The van der Waals surface area contributed by atoms with E-state index in [1.54, 1.807) is 24.0 Å². The smallest absolute Gasteiger partial charge is 0.273 e. The third-order valence-corrected chi connectivity index (χ3v) is 3.34. The molecule has 0 radical (unpaired) electrons. The molecule has 1 aromatic carbocycles. The second-order valence-electron chi connectivity index (χ2n) is 3.76. The van der Waals surface area contributed by atoms with Crippen molar-refractivity contribution in [3.8, 4) is 0 Å². The Morgan fingerprint density at radius 3 is 2.76 bits per heavy atom. The first-order valence-corrected chi connectivity index (χ1v) is 5.93. The summed E-state index contributed by atoms with van der Waals surface area (Å²) in [5.41, 5.74) is 2.42.